The maximum atomic E-state index is 6.10. The van der Waals surface area contributed by atoms with Crippen molar-refractivity contribution in [2.24, 2.45) is 0 Å². The van der Waals surface area contributed by atoms with Crippen LogP contribution in [0, 0.1) is 0 Å². The number of anilines is 2. The lowest BCUT2D eigenvalue weighted by atomic mass is 10.0. The zero-order valence-electron chi connectivity index (χ0n) is 11.8. The van der Waals surface area contributed by atoms with E-state index in [1.54, 1.807) is 0 Å². The van der Waals surface area contributed by atoms with Crippen LogP contribution in [0.2, 0.25) is 0 Å². The van der Waals surface area contributed by atoms with Crippen LogP contribution in [0.15, 0.2) is 48.5 Å². The predicted molar refractivity (Wildman–Crippen MR) is 88.5 cm³/mol. The quantitative estimate of drug-likeness (QED) is 0.832. The van der Waals surface area contributed by atoms with E-state index in [1.165, 1.54) is 16.7 Å². The highest BCUT2D eigenvalue weighted by molar-refractivity contribution is 5.97. The summed E-state index contributed by atoms with van der Waals surface area (Å²) in [6.45, 7) is 0. The molecule has 0 aliphatic heterocycles. The molecule has 0 bridgehead atoms. The van der Waals surface area contributed by atoms with Crippen LogP contribution in [-0.2, 0) is 0 Å². The van der Waals surface area contributed by atoms with Gasteiger partial charge in [0.15, 0.2) is 0 Å². The van der Waals surface area contributed by atoms with E-state index < -0.39 is 0 Å². The van der Waals surface area contributed by atoms with Gasteiger partial charge in [-0.25, -0.2) is 0 Å². The second-order valence-electron chi connectivity index (χ2n) is 5.23. The van der Waals surface area contributed by atoms with Crippen molar-refractivity contribution in [3.63, 3.8) is 0 Å². The van der Waals surface area contributed by atoms with Gasteiger partial charge < -0.3 is 10.6 Å². The minimum absolute atomic E-state index is 0.805. The third kappa shape index (κ3) is 2.21. The van der Waals surface area contributed by atoms with E-state index in [-0.39, 0.29) is 0 Å². The fraction of sp³-hybridized carbons (Fsp3) is 0.111. The topological polar surface area (TPSA) is 29.3 Å². The summed E-state index contributed by atoms with van der Waals surface area (Å²) in [5.74, 6) is 0. The highest BCUT2D eigenvalue weighted by Gasteiger charge is 2.09. The van der Waals surface area contributed by atoms with Crippen molar-refractivity contribution in [2.75, 3.05) is 24.7 Å². The predicted octanol–water partition coefficient (Wildman–Crippen LogP) is 3.90. The van der Waals surface area contributed by atoms with E-state index in [0.29, 0.717) is 0 Å². The second-order valence-corrected chi connectivity index (χ2v) is 5.23. The van der Waals surface area contributed by atoms with Crippen molar-refractivity contribution in [3.8, 4) is 0 Å². The summed E-state index contributed by atoms with van der Waals surface area (Å²) in [6.07, 6.45) is 6.48. The average molecular weight is 262 g/mol. The van der Waals surface area contributed by atoms with Gasteiger partial charge in [0, 0.05) is 14.1 Å². The summed E-state index contributed by atoms with van der Waals surface area (Å²) in [4.78, 5) is 2.02. The molecule has 0 unspecified atom stereocenters. The van der Waals surface area contributed by atoms with Crippen LogP contribution in [-0.4, -0.2) is 14.1 Å². The van der Waals surface area contributed by atoms with Crippen molar-refractivity contribution < 1.29 is 0 Å². The van der Waals surface area contributed by atoms with Crippen molar-refractivity contribution in [1.82, 2.24) is 0 Å². The van der Waals surface area contributed by atoms with Gasteiger partial charge in [0.1, 0.15) is 0 Å². The molecule has 0 radical (unpaired) electrons. The van der Waals surface area contributed by atoms with Crippen LogP contribution < -0.4 is 10.6 Å². The highest BCUT2D eigenvalue weighted by Crippen LogP contribution is 2.31. The molecular weight excluding hydrogens is 244 g/mol. The molecule has 2 aromatic carbocycles. The van der Waals surface area contributed by atoms with Crippen molar-refractivity contribution in [3.05, 3.63) is 65.2 Å². The number of nitrogens with zero attached hydrogens (tertiary/aromatic N) is 1. The molecule has 0 spiro atoms. The van der Waals surface area contributed by atoms with E-state index in [9.17, 15) is 0 Å². The lowest BCUT2D eigenvalue weighted by Crippen LogP contribution is -2.10. The Morgan fingerprint density at radius 2 is 1.80 bits per heavy atom. The summed E-state index contributed by atoms with van der Waals surface area (Å²) in [5, 5.41) is 0. The van der Waals surface area contributed by atoms with Gasteiger partial charge in [0.2, 0.25) is 0 Å². The van der Waals surface area contributed by atoms with Gasteiger partial charge in [-0.2, -0.15) is 0 Å². The molecule has 100 valence electrons. The minimum Gasteiger partial charge on any atom is -0.397 e. The fourth-order valence-corrected chi connectivity index (χ4v) is 2.55. The Hall–Kier alpha value is -2.48. The van der Waals surface area contributed by atoms with E-state index in [0.717, 1.165) is 16.9 Å². The molecule has 0 saturated heterocycles. The Kier molecular flexibility index (Phi) is 3.07. The molecule has 2 aromatic rings. The van der Waals surface area contributed by atoms with Gasteiger partial charge in [0.05, 0.1) is 11.4 Å². The lowest BCUT2D eigenvalue weighted by Gasteiger charge is -2.15. The Balaban J connectivity index is 1.98. The number of nitrogens with two attached hydrogens (primary N) is 1. The molecule has 1 aliphatic carbocycles. The number of nitrogen functional groups attached to an aromatic ring is 1. The third-order valence-electron chi connectivity index (χ3n) is 3.57. The number of hydrogen-bond acceptors (Lipinski definition) is 2. The molecular formula is C18H18N2. The van der Waals surface area contributed by atoms with Gasteiger partial charge in [-0.1, -0.05) is 42.5 Å². The average Bonchev–Trinajstić information content (AvgIpc) is 2.82. The first-order valence-corrected chi connectivity index (χ1v) is 6.71. The zero-order chi connectivity index (χ0) is 14.1. The lowest BCUT2D eigenvalue weighted by molar-refractivity contribution is 1.13. The van der Waals surface area contributed by atoms with Gasteiger partial charge in [0.25, 0.3) is 0 Å². The number of rotatable bonds is 2. The molecule has 2 nitrogen and oxygen atoms in total. The SMILES string of the molecule is CN(C)c1ccc(/C=C2\C=Cc3ccccc32)cc1N. The zero-order valence-corrected chi connectivity index (χ0v) is 11.8. The van der Waals surface area contributed by atoms with E-state index in [2.05, 4.69) is 54.6 Å². The van der Waals surface area contributed by atoms with Gasteiger partial charge in [-0.3, -0.25) is 0 Å². The molecule has 0 heterocycles. The number of hydrogen-bond donors (Lipinski definition) is 1. The van der Waals surface area contributed by atoms with Gasteiger partial charge >= 0.3 is 0 Å². The van der Waals surface area contributed by atoms with E-state index >= 15 is 0 Å². The maximum absolute atomic E-state index is 6.10. The molecule has 0 atom stereocenters. The van der Waals surface area contributed by atoms with E-state index in [4.69, 9.17) is 5.73 Å². The van der Waals surface area contributed by atoms with Crippen LogP contribution in [0.25, 0.3) is 17.7 Å². The third-order valence-corrected chi connectivity index (χ3v) is 3.57. The summed E-state index contributed by atoms with van der Waals surface area (Å²) in [7, 11) is 4.00. The summed E-state index contributed by atoms with van der Waals surface area (Å²) in [5.41, 5.74) is 12.9. The molecule has 2 N–H and O–H groups in total. The Labute approximate surface area is 119 Å². The van der Waals surface area contributed by atoms with Crippen LogP contribution in [0.5, 0.6) is 0 Å². The summed E-state index contributed by atoms with van der Waals surface area (Å²) >= 11 is 0. The molecule has 20 heavy (non-hydrogen) atoms. The van der Waals surface area contributed by atoms with Crippen molar-refractivity contribution in [2.45, 2.75) is 0 Å². The molecule has 2 heteroatoms. The summed E-state index contributed by atoms with van der Waals surface area (Å²) in [6, 6.07) is 14.6. The number of allylic oxidation sites excluding steroid dienone is 2. The number of benzene rings is 2. The molecule has 3 rings (SSSR count). The fourth-order valence-electron chi connectivity index (χ4n) is 2.55. The normalized spacial score (nSPS) is 14.6. The van der Waals surface area contributed by atoms with Gasteiger partial charge in [-0.05, 0) is 40.5 Å². The largest absolute Gasteiger partial charge is 0.397 e. The van der Waals surface area contributed by atoms with Gasteiger partial charge in [-0.15, -0.1) is 0 Å². The van der Waals surface area contributed by atoms with Crippen molar-refractivity contribution >= 4 is 29.1 Å². The summed E-state index contributed by atoms with van der Waals surface area (Å²) < 4.78 is 0. The molecule has 0 aromatic heterocycles. The van der Waals surface area contributed by atoms with Crippen LogP contribution >= 0.6 is 0 Å². The minimum atomic E-state index is 0.805. The first kappa shape index (κ1) is 12.5. The Morgan fingerprint density at radius 1 is 1.00 bits per heavy atom. The monoisotopic (exact) mass is 262 g/mol. The van der Waals surface area contributed by atoms with Crippen LogP contribution in [0.3, 0.4) is 0 Å². The maximum Gasteiger partial charge on any atom is 0.0595 e. The molecule has 0 fully saturated rings. The second kappa shape index (κ2) is 4.89. The standard InChI is InChI=1S/C18H18N2/c1-20(2)18-10-7-13(12-17(18)19)11-15-9-8-14-5-3-4-6-16(14)15/h3-12H,19H2,1-2H3/b15-11+. The highest BCUT2D eigenvalue weighted by atomic mass is 15.1. The Morgan fingerprint density at radius 3 is 2.55 bits per heavy atom. The van der Waals surface area contributed by atoms with Crippen LogP contribution in [0.1, 0.15) is 16.7 Å². The first-order chi connectivity index (χ1) is 9.65. The smallest absolute Gasteiger partial charge is 0.0595 e. The molecule has 0 amide bonds. The Bertz CT molecular complexity index is 709. The molecule has 0 saturated carbocycles. The van der Waals surface area contributed by atoms with E-state index in [1.807, 2.05) is 25.1 Å². The first-order valence-electron chi connectivity index (χ1n) is 6.71. The van der Waals surface area contributed by atoms with Crippen LogP contribution in [0.4, 0.5) is 11.4 Å². The number of fused-ring (bicyclic) bond motifs is 1. The molecule has 1 aliphatic rings. The van der Waals surface area contributed by atoms with Crippen molar-refractivity contribution in [1.29, 1.82) is 0 Å².